The fraction of sp³-hybridized carbons (Fsp3) is 0.435. The molecule has 1 atom stereocenters. The van der Waals surface area contributed by atoms with E-state index in [0.29, 0.717) is 0 Å². The Morgan fingerprint density at radius 2 is 1.85 bits per heavy atom. The van der Waals surface area contributed by atoms with Crippen LogP contribution in [0.25, 0.3) is 0 Å². The van der Waals surface area contributed by atoms with Crippen molar-refractivity contribution >= 4 is 5.91 Å². The van der Waals surface area contributed by atoms with Crippen LogP contribution in [-0.2, 0) is 10.2 Å². The average Bonchev–Trinajstić information content (AvgIpc) is 3.38. The number of amides is 1. The van der Waals surface area contributed by atoms with Crippen molar-refractivity contribution in [3.05, 3.63) is 65.7 Å². The maximum atomic E-state index is 13.3. The van der Waals surface area contributed by atoms with Gasteiger partial charge in [-0.3, -0.25) is 4.79 Å². The third-order valence-electron chi connectivity index (χ3n) is 5.95. The molecule has 2 aliphatic rings. The van der Waals surface area contributed by atoms with Gasteiger partial charge in [-0.2, -0.15) is 0 Å². The van der Waals surface area contributed by atoms with Crippen molar-refractivity contribution < 1.29 is 9.53 Å². The molecule has 142 valence electrons. The summed E-state index contributed by atoms with van der Waals surface area (Å²) in [5.74, 6) is 0.951. The molecule has 0 spiro atoms. The lowest BCUT2D eigenvalue weighted by molar-refractivity contribution is -0.124. The molecular weight excluding hydrogens is 336 g/mol. The third-order valence-corrected chi connectivity index (χ3v) is 5.95. The monoisotopic (exact) mass is 364 g/mol. The number of methoxy groups -OCH3 is 1. The molecule has 1 aliphatic carbocycles. The van der Waals surface area contributed by atoms with Crippen LogP contribution in [0.4, 0.5) is 0 Å². The molecule has 1 unspecified atom stereocenters. The Bertz CT molecular complexity index is 780. The predicted octanol–water partition coefficient (Wildman–Crippen LogP) is 3.68. The number of likely N-dealkylation sites (tertiary alicyclic amines) is 1. The van der Waals surface area contributed by atoms with Gasteiger partial charge in [-0.25, -0.2) is 0 Å². The summed E-state index contributed by atoms with van der Waals surface area (Å²) in [6.45, 7) is 3.13. The number of rotatable bonds is 7. The number of nitrogens with zero attached hydrogens (tertiary/aromatic N) is 1. The summed E-state index contributed by atoms with van der Waals surface area (Å²) < 4.78 is 5.36. The minimum absolute atomic E-state index is 0.0277. The van der Waals surface area contributed by atoms with Crippen LogP contribution in [-0.4, -0.2) is 37.6 Å². The van der Waals surface area contributed by atoms with E-state index in [9.17, 15) is 4.79 Å². The van der Waals surface area contributed by atoms with Gasteiger partial charge < -0.3 is 15.0 Å². The minimum atomic E-state index is -0.396. The van der Waals surface area contributed by atoms with Crippen LogP contribution in [0, 0.1) is 0 Å². The van der Waals surface area contributed by atoms with Crippen LogP contribution in [0.2, 0.25) is 0 Å². The van der Waals surface area contributed by atoms with Crippen LogP contribution >= 0.6 is 0 Å². The standard InChI is InChI=1S/C23H28N2O2/c1-27-20-11-7-10-19(16-20)23(12-13-23)22(26)24-21(17-25-14-5-6-15-25)18-8-3-2-4-9-18/h2-4,7-11,16,21H,5-6,12-15,17H2,1H3,(H,24,26). The zero-order valence-electron chi connectivity index (χ0n) is 16.0. The molecule has 1 saturated heterocycles. The first-order valence-electron chi connectivity index (χ1n) is 9.94. The number of carbonyl (C=O) groups excluding carboxylic acids is 1. The van der Waals surface area contributed by atoms with Gasteiger partial charge in [0.05, 0.1) is 18.6 Å². The summed E-state index contributed by atoms with van der Waals surface area (Å²) in [6, 6.07) is 18.3. The quantitative estimate of drug-likeness (QED) is 0.815. The first-order valence-corrected chi connectivity index (χ1v) is 9.94. The van der Waals surface area contributed by atoms with Crippen LogP contribution < -0.4 is 10.1 Å². The van der Waals surface area contributed by atoms with E-state index < -0.39 is 5.41 Å². The number of ether oxygens (including phenoxy) is 1. The van der Waals surface area contributed by atoms with E-state index in [1.165, 1.54) is 18.4 Å². The van der Waals surface area contributed by atoms with E-state index in [1.807, 2.05) is 42.5 Å². The molecule has 1 saturated carbocycles. The van der Waals surface area contributed by atoms with Gasteiger partial charge in [-0.05, 0) is 62.0 Å². The summed E-state index contributed by atoms with van der Waals surface area (Å²) in [5.41, 5.74) is 1.85. The second-order valence-electron chi connectivity index (χ2n) is 7.76. The number of benzene rings is 2. The van der Waals surface area contributed by atoms with Gasteiger partial charge >= 0.3 is 0 Å². The number of carbonyl (C=O) groups is 1. The lowest BCUT2D eigenvalue weighted by Gasteiger charge is -2.27. The van der Waals surface area contributed by atoms with Gasteiger partial charge in [0.2, 0.25) is 5.91 Å². The molecule has 0 radical (unpaired) electrons. The van der Waals surface area contributed by atoms with Crippen molar-refractivity contribution in [1.82, 2.24) is 10.2 Å². The Morgan fingerprint density at radius 1 is 1.11 bits per heavy atom. The highest BCUT2D eigenvalue weighted by atomic mass is 16.5. The fourth-order valence-corrected chi connectivity index (χ4v) is 4.13. The Balaban J connectivity index is 1.54. The van der Waals surface area contributed by atoms with Crippen molar-refractivity contribution in [2.24, 2.45) is 0 Å². The maximum Gasteiger partial charge on any atom is 0.231 e. The summed E-state index contributed by atoms with van der Waals surface area (Å²) in [7, 11) is 1.67. The van der Waals surface area contributed by atoms with Gasteiger partial charge in [0.15, 0.2) is 0 Å². The zero-order valence-corrected chi connectivity index (χ0v) is 16.0. The minimum Gasteiger partial charge on any atom is -0.497 e. The highest BCUT2D eigenvalue weighted by Gasteiger charge is 2.51. The zero-order chi connectivity index (χ0) is 18.7. The number of nitrogens with one attached hydrogen (secondary N) is 1. The molecule has 1 aliphatic heterocycles. The number of hydrogen-bond acceptors (Lipinski definition) is 3. The first-order chi connectivity index (χ1) is 13.2. The Labute approximate surface area is 161 Å². The smallest absolute Gasteiger partial charge is 0.231 e. The molecule has 2 aromatic carbocycles. The summed E-state index contributed by atoms with van der Waals surface area (Å²) in [6.07, 6.45) is 4.31. The lowest BCUT2D eigenvalue weighted by atomic mass is 9.93. The molecule has 4 heteroatoms. The summed E-state index contributed by atoms with van der Waals surface area (Å²) in [5, 5.41) is 3.38. The first kappa shape index (κ1) is 18.1. The molecule has 1 N–H and O–H groups in total. The van der Waals surface area contributed by atoms with Gasteiger partial charge in [0.25, 0.3) is 0 Å². The van der Waals surface area contributed by atoms with Crippen molar-refractivity contribution in [1.29, 1.82) is 0 Å². The Kier molecular flexibility index (Phi) is 5.17. The van der Waals surface area contributed by atoms with E-state index >= 15 is 0 Å². The van der Waals surface area contributed by atoms with Crippen LogP contribution in [0.5, 0.6) is 5.75 Å². The molecule has 1 heterocycles. The van der Waals surface area contributed by atoms with Crippen LogP contribution in [0.15, 0.2) is 54.6 Å². The van der Waals surface area contributed by atoms with E-state index in [2.05, 4.69) is 22.3 Å². The van der Waals surface area contributed by atoms with Crippen LogP contribution in [0.3, 0.4) is 0 Å². The topological polar surface area (TPSA) is 41.6 Å². The SMILES string of the molecule is COc1cccc(C2(C(=O)NC(CN3CCCC3)c3ccccc3)CC2)c1. The maximum absolute atomic E-state index is 13.3. The third kappa shape index (κ3) is 3.86. The van der Waals surface area contributed by atoms with Gasteiger partial charge in [0, 0.05) is 6.54 Å². The van der Waals surface area contributed by atoms with E-state index in [-0.39, 0.29) is 11.9 Å². The van der Waals surface area contributed by atoms with Gasteiger partial charge in [-0.1, -0.05) is 42.5 Å². The second-order valence-corrected chi connectivity index (χ2v) is 7.76. The molecule has 0 bridgehead atoms. The molecular formula is C23H28N2O2. The van der Waals surface area contributed by atoms with Gasteiger partial charge in [-0.15, -0.1) is 0 Å². The van der Waals surface area contributed by atoms with Crippen LogP contribution in [0.1, 0.15) is 42.9 Å². The van der Waals surface area contributed by atoms with Crippen molar-refractivity contribution in [3.63, 3.8) is 0 Å². The van der Waals surface area contributed by atoms with Crippen molar-refractivity contribution in [2.45, 2.75) is 37.1 Å². The molecule has 4 rings (SSSR count). The highest BCUT2D eigenvalue weighted by Crippen LogP contribution is 2.49. The van der Waals surface area contributed by atoms with E-state index in [1.54, 1.807) is 7.11 Å². The summed E-state index contributed by atoms with van der Waals surface area (Å²) in [4.78, 5) is 15.8. The van der Waals surface area contributed by atoms with E-state index in [4.69, 9.17) is 4.74 Å². The normalized spacial score (nSPS) is 19.4. The highest BCUT2D eigenvalue weighted by molar-refractivity contribution is 5.91. The summed E-state index contributed by atoms with van der Waals surface area (Å²) >= 11 is 0. The predicted molar refractivity (Wildman–Crippen MR) is 107 cm³/mol. The van der Waals surface area contributed by atoms with E-state index in [0.717, 1.165) is 43.8 Å². The Hall–Kier alpha value is -2.33. The molecule has 2 fully saturated rings. The molecule has 4 nitrogen and oxygen atoms in total. The fourth-order valence-electron chi connectivity index (χ4n) is 4.13. The van der Waals surface area contributed by atoms with Crippen molar-refractivity contribution in [3.8, 4) is 5.75 Å². The average molecular weight is 364 g/mol. The molecule has 0 aromatic heterocycles. The largest absolute Gasteiger partial charge is 0.497 e. The number of hydrogen-bond donors (Lipinski definition) is 1. The Morgan fingerprint density at radius 3 is 2.52 bits per heavy atom. The van der Waals surface area contributed by atoms with Crippen molar-refractivity contribution in [2.75, 3.05) is 26.7 Å². The molecule has 27 heavy (non-hydrogen) atoms. The molecule has 2 aromatic rings. The second kappa shape index (κ2) is 7.73. The van der Waals surface area contributed by atoms with Gasteiger partial charge in [0.1, 0.15) is 5.75 Å². The molecule has 1 amide bonds. The lowest BCUT2D eigenvalue weighted by Crippen LogP contribution is -2.41.